The van der Waals surface area contributed by atoms with Gasteiger partial charge < -0.3 is 5.73 Å². The molecule has 0 saturated heterocycles. The molecule has 0 radical (unpaired) electrons. The minimum absolute atomic E-state index is 0.0514. The summed E-state index contributed by atoms with van der Waals surface area (Å²) in [5.41, 5.74) is 6.60. The molecule has 4 heteroatoms. The lowest BCUT2D eigenvalue weighted by atomic mass is 9.95. The van der Waals surface area contributed by atoms with Crippen LogP contribution in [0.25, 0.3) is 0 Å². The molecule has 0 amide bonds. The van der Waals surface area contributed by atoms with E-state index in [1.165, 1.54) is 17.0 Å². The van der Waals surface area contributed by atoms with Gasteiger partial charge in [-0.25, -0.2) is 8.78 Å². The molecule has 1 aromatic heterocycles. The van der Waals surface area contributed by atoms with Crippen molar-refractivity contribution in [3.8, 4) is 0 Å². The summed E-state index contributed by atoms with van der Waals surface area (Å²) in [6, 6.07) is 6.87. The van der Waals surface area contributed by atoms with E-state index in [2.05, 4.69) is 20.8 Å². The van der Waals surface area contributed by atoms with Crippen LogP contribution in [0, 0.1) is 11.6 Å². The summed E-state index contributed by atoms with van der Waals surface area (Å²) in [5.74, 6) is -1.20. The summed E-state index contributed by atoms with van der Waals surface area (Å²) >= 11 is 1.58. The van der Waals surface area contributed by atoms with Gasteiger partial charge in [-0.15, -0.1) is 11.3 Å². The number of halogens is 2. The molecule has 0 aliphatic rings. The van der Waals surface area contributed by atoms with E-state index in [-0.39, 0.29) is 5.41 Å². The summed E-state index contributed by atoms with van der Waals surface area (Å²) in [6.45, 7) is 6.36. The van der Waals surface area contributed by atoms with Crippen LogP contribution in [0.1, 0.15) is 42.1 Å². The average molecular weight is 281 g/mol. The van der Waals surface area contributed by atoms with Gasteiger partial charge in [-0.2, -0.15) is 0 Å². The Morgan fingerprint density at radius 1 is 1.05 bits per heavy atom. The van der Waals surface area contributed by atoms with Gasteiger partial charge in [0.05, 0.1) is 6.04 Å². The summed E-state index contributed by atoms with van der Waals surface area (Å²) < 4.78 is 26.4. The Balaban J connectivity index is 2.33. The standard InChI is InChI=1S/C15H17F2NS/c1-15(2,3)13-5-4-12(19-13)14(18)9-6-10(16)8-11(17)7-9/h4-8,14H,18H2,1-3H3. The van der Waals surface area contributed by atoms with E-state index in [4.69, 9.17) is 5.73 Å². The number of hydrogen-bond donors (Lipinski definition) is 1. The van der Waals surface area contributed by atoms with Gasteiger partial charge in [0.2, 0.25) is 0 Å². The number of hydrogen-bond acceptors (Lipinski definition) is 2. The average Bonchev–Trinajstić information content (AvgIpc) is 2.75. The third-order valence-corrected chi connectivity index (χ3v) is 4.51. The van der Waals surface area contributed by atoms with Gasteiger partial charge in [-0.05, 0) is 35.2 Å². The van der Waals surface area contributed by atoms with Crippen molar-refractivity contribution >= 4 is 11.3 Å². The highest BCUT2D eigenvalue weighted by atomic mass is 32.1. The fourth-order valence-corrected chi connectivity index (χ4v) is 2.94. The second kappa shape index (κ2) is 5.02. The molecule has 2 rings (SSSR count). The molecule has 1 aromatic carbocycles. The van der Waals surface area contributed by atoms with Gasteiger partial charge in [-0.1, -0.05) is 20.8 Å². The molecule has 0 saturated carbocycles. The summed E-state index contributed by atoms with van der Waals surface area (Å²) in [5, 5.41) is 0. The summed E-state index contributed by atoms with van der Waals surface area (Å²) in [6.07, 6.45) is 0. The van der Waals surface area contributed by atoms with Gasteiger partial charge >= 0.3 is 0 Å². The zero-order valence-corrected chi connectivity index (χ0v) is 12.0. The SMILES string of the molecule is CC(C)(C)c1ccc(C(N)c2cc(F)cc(F)c2)s1. The van der Waals surface area contributed by atoms with Crippen LogP contribution in [0.15, 0.2) is 30.3 Å². The van der Waals surface area contributed by atoms with Crippen molar-refractivity contribution in [1.29, 1.82) is 0 Å². The van der Waals surface area contributed by atoms with Gasteiger partial charge in [0, 0.05) is 15.8 Å². The Kier molecular flexibility index (Phi) is 3.74. The molecule has 1 atom stereocenters. The molecule has 1 heterocycles. The van der Waals surface area contributed by atoms with Crippen LogP contribution in [0.4, 0.5) is 8.78 Å². The molecule has 1 nitrogen and oxygen atoms in total. The molecule has 0 aliphatic heterocycles. The number of rotatable bonds is 2. The van der Waals surface area contributed by atoms with Gasteiger partial charge in [0.15, 0.2) is 0 Å². The van der Waals surface area contributed by atoms with E-state index in [0.29, 0.717) is 5.56 Å². The molecule has 1 unspecified atom stereocenters. The Labute approximate surface area is 116 Å². The van der Waals surface area contributed by atoms with E-state index >= 15 is 0 Å². The van der Waals surface area contributed by atoms with Crippen LogP contribution in [0.3, 0.4) is 0 Å². The molecule has 2 N–H and O–H groups in total. The fraction of sp³-hybridized carbons (Fsp3) is 0.333. The quantitative estimate of drug-likeness (QED) is 0.869. The van der Waals surface area contributed by atoms with Crippen molar-refractivity contribution in [3.63, 3.8) is 0 Å². The third-order valence-electron chi connectivity index (χ3n) is 2.92. The number of thiophene rings is 1. The molecular formula is C15H17F2NS. The zero-order chi connectivity index (χ0) is 14.2. The maximum atomic E-state index is 13.2. The zero-order valence-electron chi connectivity index (χ0n) is 11.2. The third kappa shape index (κ3) is 3.19. The molecule has 102 valence electrons. The van der Waals surface area contributed by atoms with Crippen LogP contribution in [-0.4, -0.2) is 0 Å². The summed E-state index contributed by atoms with van der Waals surface area (Å²) in [7, 11) is 0. The summed E-state index contributed by atoms with van der Waals surface area (Å²) in [4.78, 5) is 2.12. The highest BCUT2D eigenvalue weighted by Gasteiger charge is 2.19. The van der Waals surface area contributed by atoms with Crippen molar-refractivity contribution in [1.82, 2.24) is 0 Å². The molecule has 19 heavy (non-hydrogen) atoms. The van der Waals surface area contributed by atoms with Gasteiger partial charge in [0.25, 0.3) is 0 Å². The maximum absolute atomic E-state index is 13.2. The molecule has 0 aliphatic carbocycles. The molecular weight excluding hydrogens is 264 g/mol. The maximum Gasteiger partial charge on any atom is 0.126 e. The Hall–Kier alpha value is -1.26. The van der Waals surface area contributed by atoms with E-state index < -0.39 is 17.7 Å². The topological polar surface area (TPSA) is 26.0 Å². The van der Waals surface area contributed by atoms with Crippen LogP contribution in [0.2, 0.25) is 0 Å². The van der Waals surface area contributed by atoms with E-state index in [1.54, 1.807) is 11.3 Å². The van der Waals surface area contributed by atoms with Crippen molar-refractivity contribution in [2.45, 2.75) is 32.2 Å². The lowest BCUT2D eigenvalue weighted by Gasteiger charge is -2.16. The number of benzene rings is 1. The van der Waals surface area contributed by atoms with Crippen molar-refractivity contribution in [3.05, 3.63) is 57.3 Å². The normalized spacial score (nSPS) is 13.6. The van der Waals surface area contributed by atoms with Crippen molar-refractivity contribution in [2.24, 2.45) is 5.73 Å². The predicted octanol–water partition coefficient (Wildman–Crippen LogP) is 4.37. The van der Waals surface area contributed by atoms with Crippen LogP contribution in [0.5, 0.6) is 0 Å². The Bertz CT molecular complexity index is 564. The van der Waals surface area contributed by atoms with Crippen molar-refractivity contribution < 1.29 is 8.78 Å². The first kappa shape index (κ1) is 14.2. The fourth-order valence-electron chi connectivity index (χ4n) is 1.84. The Morgan fingerprint density at radius 3 is 2.11 bits per heavy atom. The highest BCUT2D eigenvalue weighted by Crippen LogP contribution is 2.33. The minimum atomic E-state index is -0.599. The first-order valence-electron chi connectivity index (χ1n) is 6.09. The van der Waals surface area contributed by atoms with Crippen molar-refractivity contribution in [2.75, 3.05) is 0 Å². The second-order valence-corrected chi connectivity index (χ2v) is 6.75. The van der Waals surface area contributed by atoms with Gasteiger partial charge in [0.1, 0.15) is 11.6 Å². The second-order valence-electron chi connectivity index (χ2n) is 5.63. The highest BCUT2D eigenvalue weighted by molar-refractivity contribution is 7.12. The largest absolute Gasteiger partial charge is 0.320 e. The van der Waals surface area contributed by atoms with Crippen LogP contribution >= 0.6 is 11.3 Å². The van der Waals surface area contributed by atoms with E-state index in [1.807, 2.05) is 12.1 Å². The lowest BCUT2D eigenvalue weighted by molar-refractivity contribution is 0.577. The molecule has 0 bridgehead atoms. The first-order valence-corrected chi connectivity index (χ1v) is 6.91. The van der Waals surface area contributed by atoms with Crippen LogP contribution < -0.4 is 5.73 Å². The van der Waals surface area contributed by atoms with Crippen LogP contribution in [-0.2, 0) is 5.41 Å². The molecule has 2 aromatic rings. The van der Waals surface area contributed by atoms with E-state index in [0.717, 1.165) is 10.9 Å². The lowest BCUT2D eigenvalue weighted by Crippen LogP contribution is -2.11. The minimum Gasteiger partial charge on any atom is -0.320 e. The predicted molar refractivity (Wildman–Crippen MR) is 75.4 cm³/mol. The number of nitrogens with two attached hydrogens (primary N) is 1. The smallest absolute Gasteiger partial charge is 0.126 e. The molecule has 0 fully saturated rings. The van der Waals surface area contributed by atoms with E-state index in [9.17, 15) is 8.78 Å². The Morgan fingerprint density at radius 2 is 1.63 bits per heavy atom. The van der Waals surface area contributed by atoms with Gasteiger partial charge in [-0.3, -0.25) is 0 Å². The first-order chi connectivity index (χ1) is 8.77. The molecule has 0 spiro atoms. The monoisotopic (exact) mass is 281 g/mol.